The maximum atomic E-state index is 12.9. The molecule has 1 amide bonds. The molecule has 37 heavy (non-hydrogen) atoms. The van der Waals surface area contributed by atoms with E-state index in [0.717, 1.165) is 48.7 Å². The molecule has 0 radical (unpaired) electrons. The van der Waals surface area contributed by atoms with Crippen LogP contribution in [0.5, 0.6) is 5.75 Å². The average molecular weight is 523 g/mol. The van der Waals surface area contributed by atoms with Crippen LogP contribution in [0.2, 0.25) is 0 Å². The standard InChI is InChI=1S/C28H34N4O4S/c1-21-5-12-26(13-6-21)37(34,35)31(4)23-7-10-25(11-8-23)36-20-28(33)29-27-14-9-24(19-22(27)2)32-17-15-30(3)16-18-32/h5-14,19H,15-18,20H2,1-4H3,(H,29,33). The van der Waals surface area contributed by atoms with E-state index in [1.165, 1.54) is 11.4 Å². The normalized spacial score (nSPS) is 14.3. The molecule has 0 aliphatic carbocycles. The minimum absolute atomic E-state index is 0.156. The van der Waals surface area contributed by atoms with E-state index in [2.05, 4.69) is 28.2 Å². The van der Waals surface area contributed by atoms with Crippen LogP contribution in [-0.2, 0) is 14.8 Å². The summed E-state index contributed by atoms with van der Waals surface area (Å²) in [5, 5.41) is 2.91. The number of anilines is 3. The summed E-state index contributed by atoms with van der Waals surface area (Å²) >= 11 is 0. The topological polar surface area (TPSA) is 82.2 Å². The number of piperazine rings is 1. The maximum Gasteiger partial charge on any atom is 0.264 e. The van der Waals surface area contributed by atoms with E-state index in [1.54, 1.807) is 48.5 Å². The molecule has 0 saturated carbocycles. The molecule has 0 spiro atoms. The molecule has 0 unspecified atom stereocenters. The lowest BCUT2D eigenvalue weighted by molar-refractivity contribution is -0.118. The van der Waals surface area contributed by atoms with Crippen molar-refractivity contribution < 1.29 is 17.9 Å². The highest BCUT2D eigenvalue weighted by atomic mass is 32.2. The number of sulfonamides is 1. The van der Waals surface area contributed by atoms with E-state index < -0.39 is 10.0 Å². The first-order valence-electron chi connectivity index (χ1n) is 12.3. The van der Waals surface area contributed by atoms with Gasteiger partial charge >= 0.3 is 0 Å². The molecule has 0 bridgehead atoms. The van der Waals surface area contributed by atoms with Crippen LogP contribution in [0.4, 0.5) is 17.1 Å². The highest BCUT2D eigenvalue weighted by molar-refractivity contribution is 7.92. The minimum atomic E-state index is -3.68. The minimum Gasteiger partial charge on any atom is -0.484 e. The van der Waals surface area contributed by atoms with Gasteiger partial charge in [-0.05, 0) is 81.1 Å². The number of likely N-dealkylation sites (N-methyl/N-ethyl adjacent to an activating group) is 1. The van der Waals surface area contributed by atoms with Crippen molar-refractivity contribution in [2.24, 2.45) is 0 Å². The van der Waals surface area contributed by atoms with Gasteiger partial charge in [0.05, 0.1) is 10.6 Å². The van der Waals surface area contributed by atoms with E-state index in [0.29, 0.717) is 11.4 Å². The lowest BCUT2D eigenvalue weighted by Crippen LogP contribution is -2.44. The van der Waals surface area contributed by atoms with Crippen molar-refractivity contribution in [2.75, 3.05) is 61.4 Å². The van der Waals surface area contributed by atoms with E-state index in [1.807, 2.05) is 26.0 Å². The molecule has 1 N–H and O–H groups in total. The number of nitrogens with zero attached hydrogens (tertiary/aromatic N) is 3. The Kier molecular flexibility index (Phi) is 8.04. The van der Waals surface area contributed by atoms with Crippen LogP contribution in [0.3, 0.4) is 0 Å². The van der Waals surface area contributed by atoms with Crippen molar-refractivity contribution in [1.82, 2.24) is 4.90 Å². The van der Waals surface area contributed by atoms with Crippen LogP contribution in [-0.4, -0.2) is 66.1 Å². The Labute approximate surface area is 219 Å². The van der Waals surface area contributed by atoms with Crippen LogP contribution >= 0.6 is 0 Å². The van der Waals surface area contributed by atoms with Gasteiger partial charge in [0, 0.05) is 44.6 Å². The number of benzene rings is 3. The van der Waals surface area contributed by atoms with E-state index in [9.17, 15) is 13.2 Å². The number of rotatable bonds is 8. The number of carbonyl (C=O) groups is 1. The predicted octanol–water partition coefficient (Wildman–Crippen LogP) is 3.90. The monoisotopic (exact) mass is 522 g/mol. The Bertz CT molecular complexity index is 1330. The molecule has 1 aliphatic heterocycles. The van der Waals surface area contributed by atoms with Crippen molar-refractivity contribution in [3.05, 3.63) is 77.9 Å². The zero-order valence-corrected chi connectivity index (χ0v) is 22.6. The van der Waals surface area contributed by atoms with Crippen molar-refractivity contribution in [3.63, 3.8) is 0 Å². The van der Waals surface area contributed by atoms with Crippen LogP contribution < -0.4 is 19.3 Å². The third-order valence-corrected chi connectivity index (χ3v) is 8.40. The van der Waals surface area contributed by atoms with Crippen molar-refractivity contribution in [1.29, 1.82) is 0 Å². The van der Waals surface area contributed by atoms with E-state index in [4.69, 9.17) is 4.74 Å². The molecular formula is C28H34N4O4S. The molecule has 3 aromatic carbocycles. The number of ether oxygens (including phenoxy) is 1. The summed E-state index contributed by atoms with van der Waals surface area (Å²) in [4.78, 5) is 17.4. The number of hydrogen-bond acceptors (Lipinski definition) is 6. The first-order chi connectivity index (χ1) is 17.6. The molecule has 1 saturated heterocycles. The summed E-state index contributed by atoms with van der Waals surface area (Å²) in [6, 6.07) is 19.4. The zero-order valence-electron chi connectivity index (χ0n) is 21.8. The Morgan fingerprint density at radius 3 is 2.22 bits per heavy atom. The summed E-state index contributed by atoms with van der Waals surface area (Å²) in [5.41, 5.74) is 4.39. The highest BCUT2D eigenvalue weighted by Gasteiger charge is 2.21. The molecule has 0 aromatic heterocycles. The molecule has 0 atom stereocenters. The number of nitrogens with one attached hydrogen (secondary N) is 1. The zero-order chi connectivity index (χ0) is 26.6. The molecule has 196 valence electrons. The Hall–Kier alpha value is -3.56. The fraction of sp³-hybridized carbons (Fsp3) is 0.321. The lowest BCUT2D eigenvalue weighted by atomic mass is 10.1. The van der Waals surface area contributed by atoms with Gasteiger partial charge in [-0.1, -0.05) is 17.7 Å². The smallest absolute Gasteiger partial charge is 0.264 e. The van der Waals surface area contributed by atoms with E-state index >= 15 is 0 Å². The van der Waals surface area contributed by atoms with Crippen LogP contribution in [0.15, 0.2) is 71.6 Å². The van der Waals surface area contributed by atoms with Gasteiger partial charge in [0.1, 0.15) is 5.75 Å². The second-order valence-corrected chi connectivity index (χ2v) is 11.4. The van der Waals surface area contributed by atoms with Crippen LogP contribution in [0.1, 0.15) is 11.1 Å². The molecule has 1 fully saturated rings. The third-order valence-electron chi connectivity index (χ3n) is 6.60. The van der Waals surface area contributed by atoms with Crippen molar-refractivity contribution in [3.8, 4) is 5.75 Å². The largest absolute Gasteiger partial charge is 0.484 e. The summed E-state index contributed by atoms with van der Waals surface area (Å²) in [6.07, 6.45) is 0. The summed E-state index contributed by atoms with van der Waals surface area (Å²) in [5.74, 6) is 0.209. The van der Waals surface area contributed by atoms with Crippen LogP contribution in [0, 0.1) is 13.8 Å². The average Bonchev–Trinajstić information content (AvgIpc) is 2.89. The van der Waals surface area contributed by atoms with Gasteiger partial charge in [-0.15, -0.1) is 0 Å². The highest BCUT2D eigenvalue weighted by Crippen LogP contribution is 2.26. The van der Waals surface area contributed by atoms with Crippen LogP contribution in [0.25, 0.3) is 0 Å². The van der Waals surface area contributed by atoms with Gasteiger partial charge in [-0.25, -0.2) is 8.42 Å². The lowest BCUT2D eigenvalue weighted by Gasteiger charge is -2.34. The maximum absolute atomic E-state index is 12.9. The second-order valence-electron chi connectivity index (χ2n) is 9.41. The van der Waals surface area contributed by atoms with Gasteiger partial charge in [0.15, 0.2) is 6.61 Å². The van der Waals surface area contributed by atoms with Gasteiger partial charge in [0.2, 0.25) is 0 Å². The molecule has 3 aromatic rings. The van der Waals surface area contributed by atoms with Gasteiger partial charge in [-0.3, -0.25) is 9.10 Å². The Morgan fingerprint density at radius 2 is 1.59 bits per heavy atom. The van der Waals surface area contributed by atoms with Crippen molar-refractivity contribution in [2.45, 2.75) is 18.7 Å². The molecule has 4 rings (SSSR count). The molecule has 1 aliphatic rings. The van der Waals surface area contributed by atoms with Gasteiger partial charge < -0.3 is 19.9 Å². The summed E-state index contributed by atoms with van der Waals surface area (Å²) in [6.45, 7) is 7.78. The fourth-order valence-electron chi connectivity index (χ4n) is 4.14. The number of carbonyl (C=O) groups excluding carboxylic acids is 1. The van der Waals surface area contributed by atoms with Crippen molar-refractivity contribution >= 4 is 33.0 Å². The molecule has 1 heterocycles. The first kappa shape index (κ1) is 26.5. The Balaban J connectivity index is 1.32. The third kappa shape index (κ3) is 6.42. The number of hydrogen-bond donors (Lipinski definition) is 1. The summed E-state index contributed by atoms with van der Waals surface area (Å²) < 4.78 is 32.7. The Morgan fingerprint density at radius 1 is 0.946 bits per heavy atom. The van der Waals surface area contributed by atoms with Gasteiger partial charge in [0.25, 0.3) is 15.9 Å². The number of aryl methyl sites for hydroxylation is 2. The first-order valence-corrected chi connectivity index (χ1v) is 13.7. The fourth-order valence-corrected chi connectivity index (χ4v) is 5.34. The van der Waals surface area contributed by atoms with E-state index in [-0.39, 0.29) is 17.4 Å². The predicted molar refractivity (Wildman–Crippen MR) is 148 cm³/mol. The molecular weight excluding hydrogens is 488 g/mol. The van der Waals surface area contributed by atoms with Gasteiger partial charge in [-0.2, -0.15) is 0 Å². The second kappa shape index (κ2) is 11.2. The summed E-state index contributed by atoms with van der Waals surface area (Å²) in [7, 11) is -0.0338. The molecule has 8 nitrogen and oxygen atoms in total. The number of amides is 1. The SMILES string of the molecule is Cc1ccc(S(=O)(=O)N(C)c2ccc(OCC(=O)Nc3ccc(N4CCN(C)CC4)cc3C)cc2)cc1. The quantitative estimate of drug-likeness (QED) is 0.483. The molecule has 9 heteroatoms.